The fraction of sp³-hybridized carbons (Fsp3) is 0.200. The lowest BCUT2D eigenvalue weighted by Crippen LogP contribution is -2.03. The number of phenols is 1. The van der Waals surface area contributed by atoms with Crippen LogP contribution in [0.1, 0.15) is 18.1 Å². The number of phenolic OH excluding ortho intramolecular Hbond substituents is 1. The molecule has 2 unspecified atom stereocenters. The topological polar surface area (TPSA) is 29.5 Å². The Morgan fingerprint density at radius 3 is 2.58 bits per heavy atom. The van der Waals surface area contributed by atoms with Crippen molar-refractivity contribution in [2.24, 2.45) is 0 Å². The molecule has 0 aromatic heterocycles. The summed E-state index contributed by atoms with van der Waals surface area (Å²) in [5, 5.41) is 10.8. The van der Waals surface area contributed by atoms with Crippen molar-refractivity contribution in [1.29, 1.82) is 0 Å². The fourth-order valence-corrected chi connectivity index (χ4v) is 3.21. The van der Waals surface area contributed by atoms with Gasteiger partial charge in [-0.25, -0.2) is 4.39 Å². The van der Waals surface area contributed by atoms with Crippen molar-refractivity contribution >= 4 is 13.9 Å². The predicted molar refractivity (Wildman–Crippen MR) is 77.4 cm³/mol. The highest BCUT2D eigenvalue weighted by atomic mass is 31.1. The van der Waals surface area contributed by atoms with E-state index in [0.717, 1.165) is 5.56 Å². The Labute approximate surface area is 114 Å². The van der Waals surface area contributed by atoms with Crippen molar-refractivity contribution in [3.8, 4) is 11.5 Å². The van der Waals surface area contributed by atoms with Gasteiger partial charge >= 0.3 is 0 Å². The van der Waals surface area contributed by atoms with Gasteiger partial charge in [0.05, 0.1) is 7.11 Å². The molecule has 0 amide bonds. The highest BCUT2D eigenvalue weighted by Gasteiger charge is 2.15. The van der Waals surface area contributed by atoms with Crippen molar-refractivity contribution in [2.75, 3.05) is 7.11 Å². The molecule has 4 heteroatoms. The highest BCUT2D eigenvalue weighted by molar-refractivity contribution is 7.47. The van der Waals surface area contributed by atoms with E-state index in [9.17, 15) is 9.50 Å². The van der Waals surface area contributed by atoms with Crippen LogP contribution >= 0.6 is 8.58 Å². The second kappa shape index (κ2) is 6.03. The lowest BCUT2D eigenvalue weighted by atomic mass is 10.1. The zero-order valence-electron chi connectivity index (χ0n) is 10.9. The van der Waals surface area contributed by atoms with Crippen LogP contribution in [0, 0.1) is 5.82 Å². The molecule has 100 valence electrons. The molecule has 0 heterocycles. The molecule has 2 nitrogen and oxygen atoms in total. The summed E-state index contributed by atoms with van der Waals surface area (Å²) in [7, 11) is 1.77. The van der Waals surface area contributed by atoms with Crippen molar-refractivity contribution < 1.29 is 14.2 Å². The monoisotopic (exact) mass is 278 g/mol. The molecule has 1 N–H and O–H groups in total. The average Bonchev–Trinajstić information content (AvgIpc) is 2.41. The molecule has 2 aromatic rings. The number of hydrogen-bond donors (Lipinski definition) is 1. The third-order valence-corrected chi connectivity index (χ3v) is 4.42. The Bertz CT molecular complexity index is 572. The number of benzene rings is 2. The molecule has 19 heavy (non-hydrogen) atoms. The average molecular weight is 278 g/mol. The van der Waals surface area contributed by atoms with Crippen LogP contribution in [0.3, 0.4) is 0 Å². The Balaban J connectivity index is 2.26. The van der Waals surface area contributed by atoms with Crippen molar-refractivity contribution in [3.05, 3.63) is 53.8 Å². The molecule has 0 aliphatic rings. The Morgan fingerprint density at radius 1 is 1.16 bits per heavy atom. The molecule has 2 aromatic carbocycles. The molecule has 0 saturated heterocycles. The SMILES string of the molecule is COc1cccc(C(C)Pc2ccccc2F)c1O. The zero-order valence-corrected chi connectivity index (χ0v) is 11.9. The number of para-hydroxylation sites is 1. The van der Waals surface area contributed by atoms with E-state index in [1.165, 1.54) is 13.2 Å². The third-order valence-electron chi connectivity index (χ3n) is 2.96. The molecular formula is C15H16FO2P. The first-order valence-corrected chi connectivity index (χ1v) is 7.08. The van der Waals surface area contributed by atoms with E-state index in [-0.39, 0.29) is 25.8 Å². The van der Waals surface area contributed by atoms with Gasteiger partial charge in [0.2, 0.25) is 0 Å². The summed E-state index contributed by atoms with van der Waals surface area (Å²) in [4.78, 5) is 0. The zero-order chi connectivity index (χ0) is 13.8. The first-order valence-electron chi connectivity index (χ1n) is 6.00. The van der Waals surface area contributed by atoms with E-state index < -0.39 is 0 Å². The largest absolute Gasteiger partial charge is 0.504 e. The molecule has 2 rings (SSSR count). The third kappa shape index (κ3) is 3.05. The van der Waals surface area contributed by atoms with Crippen LogP contribution in [-0.4, -0.2) is 12.2 Å². The van der Waals surface area contributed by atoms with Gasteiger partial charge in [-0.2, -0.15) is 0 Å². The molecule has 0 fully saturated rings. The second-order valence-electron chi connectivity index (χ2n) is 4.24. The Morgan fingerprint density at radius 2 is 1.89 bits per heavy atom. The van der Waals surface area contributed by atoms with Gasteiger partial charge in [0.1, 0.15) is 5.82 Å². The number of rotatable bonds is 4. The van der Waals surface area contributed by atoms with Crippen molar-refractivity contribution in [2.45, 2.75) is 12.6 Å². The fourth-order valence-electron chi connectivity index (χ4n) is 1.94. The molecule has 0 aliphatic carbocycles. The summed E-state index contributed by atoms with van der Waals surface area (Å²) in [6.07, 6.45) is 0. The lowest BCUT2D eigenvalue weighted by molar-refractivity contribution is 0.370. The van der Waals surface area contributed by atoms with Crippen LogP contribution in [0.25, 0.3) is 0 Å². The Hall–Kier alpha value is -1.60. The van der Waals surface area contributed by atoms with Gasteiger partial charge in [0.15, 0.2) is 11.5 Å². The molecule has 0 radical (unpaired) electrons. The minimum absolute atomic E-state index is 0.0343. The lowest BCUT2D eigenvalue weighted by Gasteiger charge is -2.16. The molecule has 2 atom stereocenters. The maximum absolute atomic E-state index is 13.6. The maximum atomic E-state index is 13.6. The van der Waals surface area contributed by atoms with Crippen LogP contribution < -0.4 is 10.0 Å². The highest BCUT2D eigenvalue weighted by Crippen LogP contribution is 2.41. The van der Waals surface area contributed by atoms with Crippen LogP contribution in [-0.2, 0) is 0 Å². The first kappa shape index (κ1) is 13.8. The smallest absolute Gasteiger partial charge is 0.161 e. The summed E-state index contributed by atoms with van der Waals surface area (Å²) in [6, 6.07) is 12.1. The van der Waals surface area contributed by atoms with Gasteiger partial charge in [0.25, 0.3) is 0 Å². The molecular weight excluding hydrogens is 262 g/mol. The molecule has 0 aliphatic heterocycles. The number of methoxy groups -OCH3 is 1. The minimum atomic E-state index is -0.199. The van der Waals surface area contributed by atoms with Crippen LogP contribution in [0.2, 0.25) is 0 Å². The minimum Gasteiger partial charge on any atom is -0.504 e. The maximum Gasteiger partial charge on any atom is 0.161 e. The van der Waals surface area contributed by atoms with Crippen LogP contribution in [0.4, 0.5) is 4.39 Å². The summed E-state index contributed by atoms with van der Waals surface area (Å²) in [6.45, 7) is 1.97. The molecule has 0 bridgehead atoms. The van der Waals surface area contributed by atoms with E-state index in [2.05, 4.69) is 0 Å². The standard InChI is InChI=1S/C15H16FO2P/c1-10(19-14-9-4-3-7-12(14)16)11-6-5-8-13(18-2)15(11)17/h3-10,17,19H,1-2H3. The normalized spacial score (nSPS) is 12.8. The second-order valence-corrected chi connectivity index (χ2v) is 5.94. The van der Waals surface area contributed by atoms with Gasteiger partial charge in [-0.05, 0) is 12.1 Å². The van der Waals surface area contributed by atoms with Gasteiger partial charge in [-0.3, -0.25) is 0 Å². The van der Waals surface area contributed by atoms with E-state index in [0.29, 0.717) is 11.1 Å². The number of halogens is 1. The number of aromatic hydroxyl groups is 1. The quantitative estimate of drug-likeness (QED) is 0.866. The molecule has 0 spiro atoms. The summed E-state index contributed by atoms with van der Waals surface area (Å²) < 4.78 is 18.7. The van der Waals surface area contributed by atoms with Crippen molar-refractivity contribution in [1.82, 2.24) is 0 Å². The first-order chi connectivity index (χ1) is 9.13. The number of ether oxygens (including phenoxy) is 1. The van der Waals surface area contributed by atoms with E-state index >= 15 is 0 Å². The van der Waals surface area contributed by atoms with Gasteiger partial charge < -0.3 is 9.84 Å². The van der Waals surface area contributed by atoms with Gasteiger partial charge in [-0.15, -0.1) is 0 Å². The van der Waals surface area contributed by atoms with Crippen LogP contribution in [0.5, 0.6) is 11.5 Å². The predicted octanol–water partition coefficient (Wildman–Crippen LogP) is 3.60. The number of hydrogen-bond acceptors (Lipinski definition) is 2. The van der Waals surface area contributed by atoms with Crippen molar-refractivity contribution in [3.63, 3.8) is 0 Å². The Kier molecular flexibility index (Phi) is 4.39. The summed E-state index contributed by atoms with van der Waals surface area (Å²) >= 11 is 0. The molecule has 0 saturated carbocycles. The van der Waals surface area contributed by atoms with Gasteiger partial charge in [-0.1, -0.05) is 45.8 Å². The van der Waals surface area contributed by atoms with E-state index in [1.807, 2.05) is 25.1 Å². The summed E-state index contributed by atoms with van der Waals surface area (Å²) in [5.74, 6) is 0.388. The summed E-state index contributed by atoms with van der Waals surface area (Å²) in [5.41, 5.74) is 0.813. The van der Waals surface area contributed by atoms with Gasteiger partial charge in [0, 0.05) is 16.5 Å². The van der Waals surface area contributed by atoms with Crippen LogP contribution in [0.15, 0.2) is 42.5 Å². The van der Waals surface area contributed by atoms with E-state index in [4.69, 9.17) is 4.74 Å². The van der Waals surface area contributed by atoms with E-state index in [1.54, 1.807) is 18.2 Å².